The lowest BCUT2D eigenvalue weighted by Crippen LogP contribution is -2.16. The Morgan fingerprint density at radius 3 is 3.00 bits per heavy atom. The van der Waals surface area contributed by atoms with Crippen LogP contribution in [0.4, 0.5) is 0 Å². The zero-order chi connectivity index (χ0) is 16.9. The van der Waals surface area contributed by atoms with Gasteiger partial charge in [0.15, 0.2) is 0 Å². The molecule has 24 heavy (non-hydrogen) atoms. The minimum atomic E-state index is -0.390. The highest BCUT2D eigenvalue weighted by atomic mass is 32.1. The molecule has 7 heteroatoms. The van der Waals surface area contributed by atoms with Crippen LogP contribution in [0, 0.1) is 0 Å². The highest BCUT2D eigenvalue weighted by Gasteiger charge is 2.19. The number of nitrogens with one attached hydrogen (secondary N) is 1. The molecule has 2 heterocycles. The molecular weight excluding hydrogens is 328 g/mol. The normalized spacial score (nSPS) is 13.9. The number of hydrogen-bond donors (Lipinski definition) is 1. The van der Waals surface area contributed by atoms with Gasteiger partial charge in [-0.1, -0.05) is 13.3 Å². The van der Waals surface area contributed by atoms with Crippen molar-refractivity contribution in [2.45, 2.75) is 52.1 Å². The molecule has 6 nitrogen and oxygen atoms in total. The van der Waals surface area contributed by atoms with E-state index in [2.05, 4.69) is 9.97 Å². The Kier molecular flexibility index (Phi) is 5.63. The maximum atomic E-state index is 12.4. The molecule has 0 saturated carbocycles. The summed E-state index contributed by atoms with van der Waals surface area (Å²) in [6.07, 6.45) is 6.12. The number of aromatic amines is 1. The van der Waals surface area contributed by atoms with Gasteiger partial charge in [0, 0.05) is 4.88 Å². The second-order valence-electron chi connectivity index (χ2n) is 5.97. The lowest BCUT2D eigenvalue weighted by atomic mass is 9.97. The number of H-pyrrole nitrogens is 1. The van der Waals surface area contributed by atoms with Gasteiger partial charge >= 0.3 is 5.97 Å². The van der Waals surface area contributed by atoms with Gasteiger partial charge in [0.1, 0.15) is 23.9 Å². The molecule has 1 N–H and O–H groups in total. The van der Waals surface area contributed by atoms with E-state index in [9.17, 15) is 9.59 Å². The van der Waals surface area contributed by atoms with Crippen LogP contribution >= 0.6 is 11.3 Å². The average Bonchev–Trinajstić information content (AvgIpc) is 2.94. The number of rotatable bonds is 7. The molecular formula is C17H22N2O4S. The van der Waals surface area contributed by atoms with Gasteiger partial charge in [0.2, 0.25) is 0 Å². The topological polar surface area (TPSA) is 81.3 Å². The van der Waals surface area contributed by atoms with Crippen LogP contribution in [0.5, 0.6) is 0 Å². The molecule has 2 aromatic rings. The Morgan fingerprint density at radius 1 is 1.33 bits per heavy atom. The minimum Gasteiger partial charge on any atom is -0.464 e. The standard InChI is InChI=1S/C17H22N2O4S/c1-2-3-8-23-14(20)10-22-9-13-18-16(21)15-11-6-4-5-7-12(11)24-17(15)19-13/h2-10H2,1H3,(H,18,19,21). The van der Waals surface area contributed by atoms with Crippen molar-refractivity contribution in [1.82, 2.24) is 9.97 Å². The number of esters is 1. The van der Waals surface area contributed by atoms with Crippen molar-refractivity contribution in [3.05, 3.63) is 26.6 Å². The molecule has 0 bridgehead atoms. The molecule has 1 aliphatic carbocycles. The fourth-order valence-corrected chi connectivity index (χ4v) is 4.16. The van der Waals surface area contributed by atoms with Crippen LogP contribution in [0.15, 0.2) is 4.79 Å². The van der Waals surface area contributed by atoms with Crippen LogP contribution in [-0.4, -0.2) is 29.2 Å². The van der Waals surface area contributed by atoms with Gasteiger partial charge in [-0.25, -0.2) is 9.78 Å². The molecule has 0 aromatic carbocycles. The van der Waals surface area contributed by atoms with E-state index >= 15 is 0 Å². The van der Waals surface area contributed by atoms with E-state index in [1.54, 1.807) is 11.3 Å². The Hall–Kier alpha value is -1.73. The summed E-state index contributed by atoms with van der Waals surface area (Å²) in [6, 6.07) is 0. The average molecular weight is 350 g/mol. The van der Waals surface area contributed by atoms with Crippen LogP contribution in [-0.2, 0) is 33.7 Å². The molecule has 130 valence electrons. The second-order valence-corrected chi connectivity index (χ2v) is 7.05. The first-order chi connectivity index (χ1) is 11.7. The van der Waals surface area contributed by atoms with E-state index in [1.807, 2.05) is 6.92 Å². The predicted octanol–water partition coefficient (Wildman–Crippen LogP) is 2.72. The van der Waals surface area contributed by atoms with E-state index in [0.717, 1.165) is 42.3 Å². The van der Waals surface area contributed by atoms with E-state index in [0.29, 0.717) is 12.4 Å². The summed E-state index contributed by atoms with van der Waals surface area (Å²) in [5.41, 5.74) is 1.06. The number of ether oxygens (including phenoxy) is 2. The van der Waals surface area contributed by atoms with E-state index in [-0.39, 0.29) is 18.8 Å². The van der Waals surface area contributed by atoms with Gasteiger partial charge in [-0.2, -0.15) is 0 Å². The third kappa shape index (κ3) is 3.84. The zero-order valence-electron chi connectivity index (χ0n) is 13.9. The van der Waals surface area contributed by atoms with Crippen molar-refractivity contribution < 1.29 is 14.3 Å². The Labute approximate surface area is 144 Å². The van der Waals surface area contributed by atoms with E-state index in [4.69, 9.17) is 9.47 Å². The molecule has 0 saturated heterocycles. The van der Waals surface area contributed by atoms with Gasteiger partial charge in [-0.15, -0.1) is 11.3 Å². The maximum absolute atomic E-state index is 12.4. The SMILES string of the molecule is CCCCOC(=O)COCc1nc2sc3c(c2c(=O)[nH]1)CCCC3. The first-order valence-electron chi connectivity index (χ1n) is 8.46. The van der Waals surface area contributed by atoms with Gasteiger partial charge in [0.25, 0.3) is 5.56 Å². The van der Waals surface area contributed by atoms with Crippen molar-refractivity contribution in [3.63, 3.8) is 0 Å². The Balaban J connectivity index is 1.64. The van der Waals surface area contributed by atoms with Crippen molar-refractivity contribution in [2.75, 3.05) is 13.2 Å². The highest BCUT2D eigenvalue weighted by Crippen LogP contribution is 2.33. The largest absolute Gasteiger partial charge is 0.464 e. The maximum Gasteiger partial charge on any atom is 0.332 e. The smallest absolute Gasteiger partial charge is 0.332 e. The minimum absolute atomic E-state index is 0.0939. The quantitative estimate of drug-likeness (QED) is 0.613. The van der Waals surface area contributed by atoms with Crippen molar-refractivity contribution in [3.8, 4) is 0 Å². The number of carbonyl (C=O) groups excluding carboxylic acids is 1. The van der Waals surface area contributed by atoms with Gasteiger partial charge in [-0.05, 0) is 37.7 Å². The fourth-order valence-electron chi connectivity index (χ4n) is 2.88. The van der Waals surface area contributed by atoms with Gasteiger partial charge in [0.05, 0.1) is 12.0 Å². The highest BCUT2D eigenvalue weighted by molar-refractivity contribution is 7.18. The van der Waals surface area contributed by atoms with Crippen LogP contribution in [0.25, 0.3) is 10.2 Å². The number of carbonyl (C=O) groups is 1. The molecule has 0 spiro atoms. The molecule has 3 rings (SSSR count). The van der Waals surface area contributed by atoms with Gasteiger partial charge in [-0.3, -0.25) is 4.79 Å². The number of hydrogen-bond acceptors (Lipinski definition) is 6. The van der Waals surface area contributed by atoms with Crippen LogP contribution in [0.1, 0.15) is 48.9 Å². The number of aryl methyl sites for hydroxylation is 2. The fraction of sp³-hybridized carbons (Fsp3) is 0.588. The lowest BCUT2D eigenvalue weighted by Gasteiger charge is -2.09. The van der Waals surface area contributed by atoms with Crippen molar-refractivity contribution in [1.29, 1.82) is 0 Å². The summed E-state index contributed by atoms with van der Waals surface area (Å²) in [5.74, 6) is 0.0610. The monoisotopic (exact) mass is 350 g/mol. The number of fused-ring (bicyclic) bond motifs is 3. The van der Waals surface area contributed by atoms with Crippen molar-refractivity contribution >= 4 is 27.5 Å². The number of thiophene rings is 1. The third-order valence-corrected chi connectivity index (χ3v) is 5.28. The number of aromatic nitrogens is 2. The molecule has 0 atom stereocenters. The molecule has 1 aliphatic rings. The molecule has 0 aliphatic heterocycles. The molecule has 0 radical (unpaired) electrons. The van der Waals surface area contributed by atoms with Crippen molar-refractivity contribution in [2.24, 2.45) is 0 Å². The summed E-state index contributed by atoms with van der Waals surface area (Å²) < 4.78 is 10.3. The molecule has 2 aromatic heterocycles. The third-order valence-electron chi connectivity index (χ3n) is 4.09. The first-order valence-corrected chi connectivity index (χ1v) is 9.27. The van der Waals surface area contributed by atoms with Crippen LogP contribution in [0.2, 0.25) is 0 Å². The zero-order valence-corrected chi connectivity index (χ0v) is 14.7. The Morgan fingerprint density at radius 2 is 2.17 bits per heavy atom. The van der Waals surface area contributed by atoms with E-state index < -0.39 is 5.97 Å². The summed E-state index contributed by atoms with van der Waals surface area (Å²) in [6.45, 7) is 2.41. The van der Waals surface area contributed by atoms with Crippen LogP contribution in [0.3, 0.4) is 0 Å². The molecule has 0 amide bonds. The first kappa shape index (κ1) is 17.1. The summed E-state index contributed by atoms with van der Waals surface area (Å²) >= 11 is 1.60. The van der Waals surface area contributed by atoms with E-state index in [1.165, 1.54) is 16.9 Å². The summed E-state index contributed by atoms with van der Waals surface area (Å²) in [4.78, 5) is 33.2. The number of nitrogens with zero attached hydrogens (tertiary/aromatic N) is 1. The summed E-state index contributed by atoms with van der Waals surface area (Å²) in [7, 11) is 0. The van der Waals surface area contributed by atoms with Crippen LogP contribution < -0.4 is 5.56 Å². The Bertz CT molecular complexity index is 781. The number of unbranched alkanes of at least 4 members (excludes halogenated alkanes) is 1. The predicted molar refractivity (Wildman–Crippen MR) is 92.4 cm³/mol. The molecule has 0 fully saturated rings. The molecule has 0 unspecified atom stereocenters. The van der Waals surface area contributed by atoms with Gasteiger partial charge < -0.3 is 14.5 Å². The summed E-state index contributed by atoms with van der Waals surface area (Å²) in [5, 5.41) is 0.734. The lowest BCUT2D eigenvalue weighted by molar-refractivity contribution is -0.149. The second kappa shape index (κ2) is 7.90.